The van der Waals surface area contributed by atoms with Gasteiger partial charge in [0.05, 0.1) is 0 Å². The van der Waals surface area contributed by atoms with Crippen LogP contribution in [0, 0.1) is 0 Å². The first-order valence-corrected chi connectivity index (χ1v) is 3.39. The number of aldehydes is 1. The summed E-state index contributed by atoms with van der Waals surface area (Å²) >= 11 is 5.77. The summed E-state index contributed by atoms with van der Waals surface area (Å²) in [6.07, 6.45) is 6.00. The Hall–Kier alpha value is -0.760. The van der Waals surface area contributed by atoms with Gasteiger partial charge in [0.2, 0.25) is 0 Å². The number of hydrogen-bond acceptors (Lipinski definition) is 2. The van der Waals surface area contributed by atoms with Crippen LogP contribution >= 0.6 is 11.6 Å². The Kier molecular flexibility index (Phi) is 2.12. The van der Waals surface area contributed by atoms with Gasteiger partial charge in [-0.3, -0.25) is 4.79 Å². The highest BCUT2D eigenvalue weighted by Crippen LogP contribution is 2.12. The summed E-state index contributed by atoms with van der Waals surface area (Å²) in [5.74, 6) is 0. The fraction of sp³-hybridized carbons (Fsp3) is 0.286. The third-order valence-electron chi connectivity index (χ3n) is 1.33. The van der Waals surface area contributed by atoms with Crippen LogP contribution < -0.4 is 0 Å². The van der Waals surface area contributed by atoms with Gasteiger partial charge in [0, 0.05) is 18.8 Å². The highest BCUT2D eigenvalue weighted by Gasteiger charge is 2.08. The van der Waals surface area contributed by atoms with E-state index in [2.05, 4.69) is 0 Å². The summed E-state index contributed by atoms with van der Waals surface area (Å²) in [6, 6.07) is 0. The summed E-state index contributed by atoms with van der Waals surface area (Å²) in [4.78, 5) is 12.0. The van der Waals surface area contributed by atoms with Crippen LogP contribution in [0.25, 0.3) is 0 Å². The predicted octanol–water partition coefficient (Wildman–Crippen LogP) is 1.14. The third kappa shape index (κ3) is 1.39. The molecule has 0 aromatic heterocycles. The standard InChI is InChI=1S/C7H8ClNO/c1-9-4-6(5-10)2-3-7(9)8/h2-5,7H,1H3. The van der Waals surface area contributed by atoms with Gasteiger partial charge in [-0.25, -0.2) is 0 Å². The molecule has 0 bridgehead atoms. The molecule has 0 aromatic carbocycles. The van der Waals surface area contributed by atoms with Gasteiger partial charge in [-0.05, 0) is 6.08 Å². The van der Waals surface area contributed by atoms with Crippen molar-refractivity contribution in [2.75, 3.05) is 7.05 Å². The molecule has 0 spiro atoms. The van der Waals surface area contributed by atoms with E-state index in [9.17, 15) is 4.79 Å². The molecule has 1 rings (SSSR count). The fourth-order valence-corrected chi connectivity index (χ4v) is 0.874. The first-order chi connectivity index (χ1) is 4.74. The number of allylic oxidation sites excluding steroid dienone is 2. The largest absolute Gasteiger partial charge is 0.361 e. The van der Waals surface area contributed by atoms with Crippen LogP contribution in [-0.2, 0) is 4.79 Å². The van der Waals surface area contributed by atoms with Crippen LogP contribution in [-0.4, -0.2) is 23.7 Å². The van der Waals surface area contributed by atoms with Crippen LogP contribution in [0.15, 0.2) is 23.9 Å². The highest BCUT2D eigenvalue weighted by molar-refractivity contribution is 6.21. The van der Waals surface area contributed by atoms with E-state index in [4.69, 9.17) is 11.6 Å². The molecule has 1 aliphatic rings. The summed E-state index contributed by atoms with van der Waals surface area (Å²) in [6.45, 7) is 0. The van der Waals surface area contributed by atoms with E-state index in [0.29, 0.717) is 5.57 Å². The molecule has 0 amide bonds. The van der Waals surface area contributed by atoms with Gasteiger partial charge < -0.3 is 4.90 Å². The zero-order chi connectivity index (χ0) is 7.56. The lowest BCUT2D eigenvalue weighted by molar-refractivity contribution is -0.104. The minimum atomic E-state index is -0.122. The van der Waals surface area contributed by atoms with Crippen molar-refractivity contribution in [1.29, 1.82) is 0 Å². The van der Waals surface area contributed by atoms with E-state index in [-0.39, 0.29) is 5.50 Å². The number of carbonyl (C=O) groups is 1. The molecular weight excluding hydrogens is 150 g/mol. The van der Waals surface area contributed by atoms with Crippen molar-refractivity contribution >= 4 is 17.9 Å². The average Bonchev–Trinajstić information content (AvgIpc) is 1.95. The Labute approximate surface area is 64.8 Å². The quantitative estimate of drug-likeness (QED) is 0.323. The SMILES string of the molecule is CN1C=C(C=O)C=CC1Cl. The Bertz CT molecular complexity index is 198. The van der Waals surface area contributed by atoms with Crippen molar-refractivity contribution < 1.29 is 4.79 Å². The van der Waals surface area contributed by atoms with Gasteiger partial charge in [0.1, 0.15) is 5.50 Å². The van der Waals surface area contributed by atoms with Crippen LogP contribution in [0.4, 0.5) is 0 Å². The van der Waals surface area contributed by atoms with E-state index in [1.54, 1.807) is 23.3 Å². The Balaban J connectivity index is 2.75. The number of nitrogens with zero attached hydrogens (tertiary/aromatic N) is 1. The molecule has 54 valence electrons. The van der Waals surface area contributed by atoms with Gasteiger partial charge in [0.15, 0.2) is 6.29 Å². The molecule has 2 nitrogen and oxygen atoms in total. The van der Waals surface area contributed by atoms with Crippen molar-refractivity contribution in [2.24, 2.45) is 0 Å². The number of carbonyl (C=O) groups excluding carboxylic acids is 1. The normalized spacial score (nSPS) is 24.4. The first kappa shape index (κ1) is 7.35. The second kappa shape index (κ2) is 2.88. The molecule has 0 saturated carbocycles. The number of alkyl halides is 1. The average molecular weight is 158 g/mol. The molecule has 0 N–H and O–H groups in total. The highest BCUT2D eigenvalue weighted by atomic mass is 35.5. The molecule has 1 heterocycles. The van der Waals surface area contributed by atoms with Crippen LogP contribution in [0.5, 0.6) is 0 Å². The van der Waals surface area contributed by atoms with Gasteiger partial charge >= 0.3 is 0 Å². The van der Waals surface area contributed by atoms with Gasteiger partial charge in [-0.2, -0.15) is 0 Å². The van der Waals surface area contributed by atoms with Gasteiger partial charge in [-0.15, -0.1) is 0 Å². The maximum absolute atomic E-state index is 10.2. The Morgan fingerprint density at radius 2 is 2.50 bits per heavy atom. The third-order valence-corrected chi connectivity index (χ3v) is 1.78. The fourth-order valence-electron chi connectivity index (χ4n) is 0.745. The Morgan fingerprint density at radius 3 is 3.00 bits per heavy atom. The minimum Gasteiger partial charge on any atom is -0.361 e. The smallest absolute Gasteiger partial charge is 0.151 e. The summed E-state index contributed by atoms with van der Waals surface area (Å²) in [5.41, 5.74) is 0.531. The zero-order valence-corrected chi connectivity index (χ0v) is 6.38. The first-order valence-electron chi connectivity index (χ1n) is 2.95. The molecule has 0 radical (unpaired) electrons. The van der Waals surface area contributed by atoms with E-state index >= 15 is 0 Å². The number of likely N-dealkylation sites (N-methyl/N-ethyl adjacent to an activating group) is 1. The summed E-state index contributed by atoms with van der Waals surface area (Å²) in [5, 5.41) is 0. The van der Waals surface area contributed by atoms with Gasteiger partial charge in [0.25, 0.3) is 0 Å². The second-order valence-corrected chi connectivity index (χ2v) is 2.59. The second-order valence-electron chi connectivity index (χ2n) is 2.14. The van der Waals surface area contributed by atoms with E-state index < -0.39 is 0 Å². The van der Waals surface area contributed by atoms with E-state index in [0.717, 1.165) is 6.29 Å². The topological polar surface area (TPSA) is 20.3 Å². The lowest BCUT2D eigenvalue weighted by Gasteiger charge is -2.21. The minimum absolute atomic E-state index is 0.122. The van der Waals surface area contributed by atoms with Gasteiger partial charge in [-0.1, -0.05) is 17.7 Å². The number of halogens is 1. The number of hydrogen-bond donors (Lipinski definition) is 0. The number of rotatable bonds is 1. The van der Waals surface area contributed by atoms with E-state index in [1.165, 1.54) is 0 Å². The lowest BCUT2D eigenvalue weighted by atomic mass is 10.2. The monoisotopic (exact) mass is 157 g/mol. The van der Waals surface area contributed by atoms with Crippen molar-refractivity contribution in [2.45, 2.75) is 5.50 Å². The molecule has 0 saturated heterocycles. The summed E-state index contributed by atoms with van der Waals surface area (Å²) < 4.78 is 0. The lowest BCUT2D eigenvalue weighted by Crippen LogP contribution is -2.22. The zero-order valence-electron chi connectivity index (χ0n) is 5.62. The molecule has 10 heavy (non-hydrogen) atoms. The molecular formula is C7H8ClNO. The van der Waals surface area contributed by atoms with Crippen LogP contribution in [0.2, 0.25) is 0 Å². The molecule has 3 heteroatoms. The van der Waals surface area contributed by atoms with Crippen LogP contribution in [0.1, 0.15) is 0 Å². The van der Waals surface area contributed by atoms with Crippen molar-refractivity contribution in [3.63, 3.8) is 0 Å². The summed E-state index contributed by atoms with van der Waals surface area (Å²) in [7, 11) is 1.82. The predicted molar refractivity (Wildman–Crippen MR) is 40.7 cm³/mol. The van der Waals surface area contributed by atoms with E-state index in [1.807, 2.05) is 7.05 Å². The van der Waals surface area contributed by atoms with Crippen molar-refractivity contribution in [3.8, 4) is 0 Å². The maximum Gasteiger partial charge on any atom is 0.151 e. The maximum atomic E-state index is 10.2. The molecule has 0 aromatic rings. The molecule has 0 aliphatic carbocycles. The molecule has 1 unspecified atom stereocenters. The van der Waals surface area contributed by atoms with Crippen LogP contribution in [0.3, 0.4) is 0 Å². The molecule has 1 aliphatic heterocycles. The molecule has 1 atom stereocenters. The van der Waals surface area contributed by atoms with Crippen molar-refractivity contribution in [3.05, 3.63) is 23.9 Å². The van der Waals surface area contributed by atoms with Crippen molar-refractivity contribution in [1.82, 2.24) is 4.90 Å². The molecule has 0 fully saturated rings. The Morgan fingerprint density at radius 1 is 1.80 bits per heavy atom.